The van der Waals surface area contributed by atoms with Gasteiger partial charge >= 0.3 is 5.69 Å². The average molecular weight is 485 g/mol. The van der Waals surface area contributed by atoms with Crippen LogP contribution in [0.2, 0.25) is 0 Å². The summed E-state index contributed by atoms with van der Waals surface area (Å²) < 4.78 is 5.19. The second kappa shape index (κ2) is 10.1. The number of aryl methyl sites for hydroxylation is 1. The number of hydrogen-bond acceptors (Lipinski definition) is 7. The molecule has 4 aromatic heterocycles. The van der Waals surface area contributed by atoms with Gasteiger partial charge in [0.05, 0.1) is 12.6 Å². The van der Waals surface area contributed by atoms with Gasteiger partial charge in [0.2, 0.25) is 5.95 Å². The highest BCUT2D eigenvalue weighted by Gasteiger charge is 2.19. The monoisotopic (exact) mass is 484 g/mol. The van der Waals surface area contributed by atoms with E-state index in [1.165, 1.54) is 6.33 Å². The van der Waals surface area contributed by atoms with Crippen LogP contribution in [-0.4, -0.2) is 49.5 Å². The van der Waals surface area contributed by atoms with Gasteiger partial charge in [-0.2, -0.15) is 10.1 Å². The molecular weight excluding hydrogens is 456 g/mol. The van der Waals surface area contributed by atoms with Crippen LogP contribution in [0.15, 0.2) is 60.0 Å². The molecule has 5 aromatic rings. The molecular formula is C25H28N10O. The highest BCUT2D eigenvalue weighted by molar-refractivity contribution is 5.69. The van der Waals surface area contributed by atoms with Gasteiger partial charge in [0, 0.05) is 29.8 Å². The summed E-state index contributed by atoms with van der Waals surface area (Å²) in [6.45, 7) is 6.58. The predicted molar refractivity (Wildman–Crippen MR) is 135 cm³/mol. The van der Waals surface area contributed by atoms with E-state index in [-0.39, 0.29) is 11.7 Å². The lowest BCUT2D eigenvalue weighted by Crippen LogP contribution is -2.27. The third-order valence-electron chi connectivity index (χ3n) is 6.15. The Morgan fingerprint density at radius 3 is 2.61 bits per heavy atom. The van der Waals surface area contributed by atoms with E-state index in [2.05, 4.69) is 42.6 Å². The van der Waals surface area contributed by atoms with Gasteiger partial charge < -0.3 is 0 Å². The Morgan fingerprint density at radius 1 is 1.08 bits per heavy atom. The number of tetrazole rings is 1. The molecule has 0 aliphatic rings. The number of nitrogens with zero attached hydrogens (tertiary/aromatic N) is 9. The molecule has 1 N–H and O–H groups in total. The number of imidazole rings is 1. The Bertz CT molecular complexity index is 1490. The normalized spacial score (nSPS) is 11.4. The van der Waals surface area contributed by atoms with Gasteiger partial charge in [-0.3, -0.25) is 9.55 Å². The number of unbranched alkanes of at least 4 members (excludes halogenated alkanes) is 1. The van der Waals surface area contributed by atoms with Crippen LogP contribution in [0.1, 0.15) is 50.9 Å². The maximum atomic E-state index is 13.7. The largest absolute Gasteiger partial charge is 0.335 e. The lowest BCUT2D eigenvalue weighted by Gasteiger charge is -2.12. The molecule has 184 valence electrons. The second-order valence-corrected chi connectivity index (χ2v) is 8.92. The summed E-state index contributed by atoms with van der Waals surface area (Å²) in [5.41, 5.74) is 4.70. The molecule has 36 heavy (non-hydrogen) atoms. The van der Waals surface area contributed by atoms with E-state index in [0.717, 1.165) is 47.2 Å². The highest BCUT2D eigenvalue weighted by Crippen LogP contribution is 2.26. The van der Waals surface area contributed by atoms with Gasteiger partial charge in [0.15, 0.2) is 5.82 Å². The standard InChI is InChI=1S/C25H28N10O/c1-4-5-6-21-15-34(24-27-16-28-35(24)17(2)3)25(36)33(21)14-20-13-26-12-11-22(20)18-7-9-19(10-8-18)23-29-31-32-30-23/h7-13,15-17H,4-6,14H2,1-3H3,(H,29,30,31,32). The maximum absolute atomic E-state index is 13.7. The molecule has 1 aromatic carbocycles. The Morgan fingerprint density at radius 2 is 1.89 bits per heavy atom. The van der Waals surface area contributed by atoms with E-state index in [0.29, 0.717) is 18.3 Å². The Labute approximate surface area is 207 Å². The molecule has 0 bridgehead atoms. The maximum Gasteiger partial charge on any atom is 0.335 e. The molecule has 0 radical (unpaired) electrons. The van der Waals surface area contributed by atoms with Crippen molar-refractivity contribution in [2.45, 2.75) is 52.6 Å². The average Bonchev–Trinajstić information content (AvgIpc) is 3.65. The summed E-state index contributed by atoms with van der Waals surface area (Å²) >= 11 is 0. The fourth-order valence-electron chi connectivity index (χ4n) is 4.27. The zero-order valence-electron chi connectivity index (χ0n) is 20.5. The van der Waals surface area contributed by atoms with E-state index >= 15 is 0 Å². The van der Waals surface area contributed by atoms with Crippen LogP contribution in [0.4, 0.5) is 0 Å². The Kier molecular flexibility index (Phi) is 6.52. The van der Waals surface area contributed by atoms with Crippen LogP contribution >= 0.6 is 0 Å². The van der Waals surface area contributed by atoms with Gasteiger partial charge in [-0.25, -0.2) is 19.1 Å². The molecule has 11 nitrogen and oxygen atoms in total. The van der Waals surface area contributed by atoms with Crippen LogP contribution in [0.5, 0.6) is 0 Å². The summed E-state index contributed by atoms with van der Waals surface area (Å²) in [5.74, 6) is 1.13. The first-order chi connectivity index (χ1) is 17.6. The number of pyridine rings is 1. The van der Waals surface area contributed by atoms with E-state index in [1.54, 1.807) is 15.4 Å². The molecule has 0 spiro atoms. The van der Waals surface area contributed by atoms with Crippen LogP contribution < -0.4 is 5.69 Å². The van der Waals surface area contributed by atoms with Crippen molar-refractivity contribution < 1.29 is 0 Å². The highest BCUT2D eigenvalue weighted by atomic mass is 16.2. The lowest BCUT2D eigenvalue weighted by molar-refractivity contribution is 0.515. The zero-order valence-corrected chi connectivity index (χ0v) is 20.5. The predicted octanol–water partition coefficient (Wildman–Crippen LogP) is 3.44. The van der Waals surface area contributed by atoms with Crippen LogP contribution in [0, 0.1) is 0 Å². The van der Waals surface area contributed by atoms with Crippen molar-refractivity contribution in [3.05, 3.63) is 77.0 Å². The molecule has 0 fully saturated rings. The molecule has 0 amide bonds. The first-order valence-electron chi connectivity index (χ1n) is 12.0. The first-order valence-corrected chi connectivity index (χ1v) is 12.0. The van der Waals surface area contributed by atoms with E-state index < -0.39 is 0 Å². The summed E-state index contributed by atoms with van der Waals surface area (Å²) in [6.07, 6.45) is 9.80. The van der Waals surface area contributed by atoms with Crippen molar-refractivity contribution in [3.63, 3.8) is 0 Å². The number of aromatic nitrogens is 10. The summed E-state index contributed by atoms with van der Waals surface area (Å²) in [7, 11) is 0. The van der Waals surface area contributed by atoms with Gasteiger partial charge in [-0.05, 0) is 59.9 Å². The van der Waals surface area contributed by atoms with E-state index in [1.807, 2.05) is 61.1 Å². The SMILES string of the molecule is CCCCc1cn(-c2ncnn2C(C)C)c(=O)n1Cc1cnccc1-c1ccc(-c2nnn[nH]2)cc1. The van der Waals surface area contributed by atoms with Crippen molar-refractivity contribution in [1.82, 2.24) is 49.5 Å². The minimum atomic E-state index is -0.140. The van der Waals surface area contributed by atoms with E-state index in [4.69, 9.17) is 0 Å². The molecule has 0 atom stereocenters. The summed E-state index contributed by atoms with van der Waals surface area (Å²) in [6, 6.07) is 10.0. The lowest BCUT2D eigenvalue weighted by atomic mass is 10.00. The third kappa shape index (κ3) is 4.47. The fraction of sp³-hybridized carbons (Fsp3) is 0.320. The number of aromatic amines is 1. The second-order valence-electron chi connectivity index (χ2n) is 8.92. The molecule has 11 heteroatoms. The Balaban J connectivity index is 1.53. The molecule has 0 saturated carbocycles. The summed E-state index contributed by atoms with van der Waals surface area (Å²) in [4.78, 5) is 22.4. The molecule has 5 rings (SSSR count). The minimum Gasteiger partial charge on any atom is -0.291 e. The zero-order chi connectivity index (χ0) is 25.1. The van der Waals surface area contributed by atoms with Crippen molar-refractivity contribution in [3.8, 4) is 28.5 Å². The van der Waals surface area contributed by atoms with Crippen molar-refractivity contribution in [1.29, 1.82) is 0 Å². The fourth-order valence-corrected chi connectivity index (χ4v) is 4.27. The molecule has 0 saturated heterocycles. The van der Waals surface area contributed by atoms with Crippen molar-refractivity contribution in [2.24, 2.45) is 0 Å². The van der Waals surface area contributed by atoms with Gasteiger partial charge in [0.25, 0.3) is 0 Å². The number of rotatable bonds is 9. The Hall–Kier alpha value is -4.41. The number of hydrogen-bond donors (Lipinski definition) is 1. The molecule has 0 aliphatic carbocycles. The topological polar surface area (TPSA) is 125 Å². The summed E-state index contributed by atoms with van der Waals surface area (Å²) in [5, 5.41) is 18.3. The number of benzene rings is 1. The van der Waals surface area contributed by atoms with Gasteiger partial charge in [0.1, 0.15) is 6.33 Å². The smallest absolute Gasteiger partial charge is 0.291 e. The molecule has 4 heterocycles. The van der Waals surface area contributed by atoms with Crippen LogP contribution in [-0.2, 0) is 13.0 Å². The number of nitrogens with one attached hydrogen (secondary N) is 1. The third-order valence-corrected chi connectivity index (χ3v) is 6.15. The van der Waals surface area contributed by atoms with Crippen molar-refractivity contribution >= 4 is 0 Å². The van der Waals surface area contributed by atoms with Crippen molar-refractivity contribution in [2.75, 3.05) is 0 Å². The minimum absolute atomic E-state index is 0.0810. The van der Waals surface area contributed by atoms with E-state index in [9.17, 15) is 4.79 Å². The molecule has 0 aliphatic heterocycles. The van der Waals surface area contributed by atoms with Gasteiger partial charge in [-0.15, -0.1) is 5.10 Å². The molecule has 0 unspecified atom stereocenters. The quantitative estimate of drug-likeness (QED) is 0.340. The van der Waals surface area contributed by atoms with Crippen LogP contribution in [0.3, 0.4) is 0 Å². The van der Waals surface area contributed by atoms with Gasteiger partial charge in [-0.1, -0.05) is 37.6 Å². The first kappa shape index (κ1) is 23.3. The number of H-pyrrole nitrogens is 1. The van der Waals surface area contributed by atoms with Crippen LogP contribution in [0.25, 0.3) is 28.5 Å².